The highest BCUT2D eigenvalue weighted by atomic mass is 35.5. The van der Waals surface area contributed by atoms with E-state index in [4.69, 9.17) is 17.3 Å². The number of hydrogen-bond donors (Lipinski definition) is 3. The maximum atomic E-state index is 13.9. The molecule has 3 aromatic carbocycles. The molecular formula is C25H17ClF4N2O3. The van der Waals surface area contributed by atoms with Gasteiger partial charge in [0.15, 0.2) is 0 Å². The lowest BCUT2D eigenvalue weighted by Crippen LogP contribution is -2.26. The third kappa shape index (κ3) is 4.46. The highest BCUT2D eigenvalue weighted by Gasteiger charge is 2.40. The van der Waals surface area contributed by atoms with Gasteiger partial charge in [-0.25, -0.2) is 9.18 Å². The Kier molecular flexibility index (Phi) is 6.06. The molecule has 4 N–H and O–H groups in total. The summed E-state index contributed by atoms with van der Waals surface area (Å²) in [6.45, 7) is 0. The Morgan fingerprint density at radius 3 is 2.29 bits per heavy atom. The molecule has 0 aliphatic carbocycles. The number of benzene rings is 3. The van der Waals surface area contributed by atoms with E-state index < -0.39 is 40.7 Å². The highest BCUT2D eigenvalue weighted by Crippen LogP contribution is 2.45. The standard InChI is InChI=1S/C25H17ClF4N2O3/c26-24(15-5-7-16(27)8-6-15,20-12-32-21-17(20)2-1-3-18(21)23(34)35)11-14-10-13(22(31)33)4-9-19(14)25(28,29)30/h1-10,12,32H,11H2,(H2,31,33)(H,34,35). The van der Waals surface area contributed by atoms with Gasteiger partial charge in [-0.2, -0.15) is 13.2 Å². The third-order valence-corrected chi connectivity index (χ3v) is 6.36. The van der Waals surface area contributed by atoms with Crippen LogP contribution in [0, 0.1) is 5.82 Å². The van der Waals surface area contributed by atoms with Crippen LogP contribution >= 0.6 is 11.6 Å². The van der Waals surface area contributed by atoms with Crippen molar-refractivity contribution in [3.8, 4) is 0 Å². The maximum Gasteiger partial charge on any atom is 0.416 e. The van der Waals surface area contributed by atoms with E-state index in [2.05, 4.69) is 4.98 Å². The lowest BCUT2D eigenvalue weighted by Gasteiger charge is -2.29. The summed E-state index contributed by atoms with van der Waals surface area (Å²) in [6.07, 6.45) is -3.82. The van der Waals surface area contributed by atoms with Crippen LogP contribution < -0.4 is 5.73 Å². The Bertz CT molecular complexity index is 1450. The van der Waals surface area contributed by atoms with Gasteiger partial charge >= 0.3 is 12.1 Å². The third-order valence-electron chi connectivity index (χ3n) is 5.80. The zero-order valence-corrected chi connectivity index (χ0v) is 18.5. The summed E-state index contributed by atoms with van der Waals surface area (Å²) >= 11 is 7.11. The largest absolute Gasteiger partial charge is 0.478 e. The topological polar surface area (TPSA) is 96.2 Å². The summed E-state index contributed by atoms with van der Waals surface area (Å²) in [5.41, 5.74) is 4.54. The van der Waals surface area contributed by atoms with Gasteiger partial charge in [-0.05, 0) is 47.5 Å². The Balaban J connectivity index is 1.99. The van der Waals surface area contributed by atoms with Crippen LogP contribution in [-0.2, 0) is 17.5 Å². The van der Waals surface area contributed by atoms with Crippen LogP contribution in [0.3, 0.4) is 0 Å². The minimum absolute atomic E-state index is 0.0569. The normalized spacial score (nSPS) is 13.5. The smallest absolute Gasteiger partial charge is 0.416 e. The van der Waals surface area contributed by atoms with Crippen LogP contribution in [0.5, 0.6) is 0 Å². The van der Waals surface area contributed by atoms with Crippen molar-refractivity contribution in [1.29, 1.82) is 0 Å². The first kappa shape index (κ1) is 24.3. The van der Waals surface area contributed by atoms with Gasteiger partial charge in [-0.3, -0.25) is 4.79 Å². The van der Waals surface area contributed by atoms with Crippen molar-refractivity contribution in [3.05, 3.63) is 106 Å². The van der Waals surface area contributed by atoms with Crippen molar-refractivity contribution in [3.63, 3.8) is 0 Å². The number of carbonyl (C=O) groups is 2. The summed E-state index contributed by atoms with van der Waals surface area (Å²) in [7, 11) is 0. The van der Waals surface area contributed by atoms with Crippen LogP contribution in [0.25, 0.3) is 10.9 Å². The molecule has 4 rings (SSSR count). The van der Waals surface area contributed by atoms with Crippen molar-refractivity contribution >= 4 is 34.4 Å². The number of aromatic carboxylic acids is 1. The number of carboxylic acid groups (broad SMARTS) is 1. The van der Waals surface area contributed by atoms with Crippen molar-refractivity contribution in [2.75, 3.05) is 0 Å². The predicted molar refractivity (Wildman–Crippen MR) is 122 cm³/mol. The van der Waals surface area contributed by atoms with E-state index in [-0.39, 0.29) is 33.3 Å². The summed E-state index contributed by atoms with van der Waals surface area (Å²) in [4.78, 5) is 24.5. The lowest BCUT2D eigenvalue weighted by atomic mass is 9.83. The summed E-state index contributed by atoms with van der Waals surface area (Å²) in [5, 5.41) is 9.89. The number of aromatic amines is 1. The molecule has 180 valence electrons. The number of aromatic nitrogens is 1. The number of H-pyrrole nitrogens is 1. The molecular weight excluding hydrogens is 488 g/mol. The molecule has 1 heterocycles. The van der Waals surface area contributed by atoms with Crippen LogP contribution in [0.15, 0.2) is 66.9 Å². The summed E-state index contributed by atoms with van der Waals surface area (Å²) in [5.74, 6) is -2.70. The summed E-state index contributed by atoms with van der Waals surface area (Å²) < 4.78 is 55.3. The molecule has 4 aromatic rings. The Morgan fingerprint density at radius 1 is 1.00 bits per heavy atom. The second-order valence-corrected chi connectivity index (χ2v) is 8.60. The molecule has 1 aromatic heterocycles. The molecule has 0 saturated heterocycles. The summed E-state index contributed by atoms with van der Waals surface area (Å²) in [6, 6.07) is 12.1. The number of alkyl halides is 4. The molecule has 35 heavy (non-hydrogen) atoms. The monoisotopic (exact) mass is 504 g/mol. The first-order valence-electron chi connectivity index (χ1n) is 10.2. The van der Waals surface area contributed by atoms with E-state index in [1.165, 1.54) is 30.5 Å². The average Bonchev–Trinajstić information content (AvgIpc) is 3.23. The van der Waals surface area contributed by atoms with Crippen molar-refractivity contribution < 1.29 is 32.3 Å². The first-order chi connectivity index (χ1) is 16.4. The number of nitrogens with two attached hydrogens (primary N) is 1. The number of hydrogen-bond acceptors (Lipinski definition) is 2. The molecule has 1 unspecified atom stereocenters. The number of halogens is 5. The fraction of sp³-hybridized carbons (Fsp3) is 0.120. The van der Waals surface area contributed by atoms with Crippen LogP contribution in [0.1, 0.15) is 43.0 Å². The number of carboxylic acids is 1. The van der Waals surface area contributed by atoms with Gasteiger partial charge in [-0.1, -0.05) is 24.3 Å². The number of para-hydroxylation sites is 1. The molecule has 0 fully saturated rings. The van der Waals surface area contributed by atoms with Gasteiger partial charge in [0.1, 0.15) is 10.7 Å². The minimum atomic E-state index is -4.76. The molecule has 1 atom stereocenters. The molecule has 5 nitrogen and oxygen atoms in total. The molecule has 0 saturated carbocycles. The average molecular weight is 505 g/mol. The number of amides is 1. The van der Waals surface area contributed by atoms with E-state index >= 15 is 0 Å². The van der Waals surface area contributed by atoms with E-state index in [0.717, 1.165) is 30.3 Å². The maximum absolute atomic E-state index is 13.9. The predicted octanol–water partition coefficient (Wildman–Crippen LogP) is 5.85. The molecule has 0 aliphatic heterocycles. The molecule has 0 radical (unpaired) electrons. The Morgan fingerprint density at radius 2 is 1.69 bits per heavy atom. The number of rotatable bonds is 6. The second-order valence-electron chi connectivity index (χ2n) is 7.95. The van der Waals surface area contributed by atoms with E-state index in [1.807, 2.05) is 0 Å². The highest BCUT2D eigenvalue weighted by molar-refractivity contribution is 6.27. The zero-order valence-electron chi connectivity index (χ0n) is 17.8. The SMILES string of the molecule is NC(=O)c1ccc(C(F)(F)F)c(CC(Cl)(c2ccc(F)cc2)c2c[nH]c3c(C(=O)O)cccc23)c1. The van der Waals surface area contributed by atoms with Gasteiger partial charge < -0.3 is 15.8 Å². The van der Waals surface area contributed by atoms with Crippen molar-refractivity contribution in [2.24, 2.45) is 5.73 Å². The van der Waals surface area contributed by atoms with E-state index in [1.54, 1.807) is 6.07 Å². The van der Waals surface area contributed by atoms with Gasteiger partial charge in [0.25, 0.3) is 0 Å². The molecule has 10 heteroatoms. The fourth-order valence-electron chi connectivity index (χ4n) is 4.16. The van der Waals surface area contributed by atoms with E-state index in [0.29, 0.717) is 5.39 Å². The Hall–Kier alpha value is -3.85. The van der Waals surface area contributed by atoms with Gasteiger partial charge in [-0.15, -0.1) is 11.6 Å². The van der Waals surface area contributed by atoms with Gasteiger partial charge in [0.05, 0.1) is 16.6 Å². The second kappa shape index (κ2) is 8.74. The molecule has 0 spiro atoms. The van der Waals surface area contributed by atoms with Crippen molar-refractivity contribution in [1.82, 2.24) is 4.98 Å². The molecule has 0 aliphatic rings. The number of carbonyl (C=O) groups excluding carboxylic acids is 1. The fourth-order valence-corrected chi connectivity index (χ4v) is 4.59. The Labute approximate surface area is 201 Å². The minimum Gasteiger partial charge on any atom is -0.478 e. The zero-order chi connectivity index (χ0) is 25.5. The molecule has 0 bridgehead atoms. The van der Waals surface area contributed by atoms with Crippen LogP contribution in [0.4, 0.5) is 17.6 Å². The number of nitrogens with one attached hydrogen (secondary N) is 1. The number of primary amides is 1. The van der Waals surface area contributed by atoms with Crippen molar-refractivity contribution in [2.45, 2.75) is 17.5 Å². The quantitative estimate of drug-likeness (QED) is 0.227. The van der Waals surface area contributed by atoms with E-state index in [9.17, 15) is 32.3 Å². The van der Waals surface area contributed by atoms with Crippen LogP contribution in [0.2, 0.25) is 0 Å². The van der Waals surface area contributed by atoms with Crippen LogP contribution in [-0.4, -0.2) is 22.0 Å². The first-order valence-corrected chi connectivity index (χ1v) is 10.6. The number of fused-ring (bicyclic) bond motifs is 1. The van der Waals surface area contributed by atoms with Gasteiger partial charge in [0.2, 0.25) is 5.91 Å². The molecule has 1 amide bonds. The van der Waals surface area contributed by atoms with Gasteiger partial charge in [0, 0.05) is 29.1 Å². The lowest BCUT2D eigenvalue weighted by molar-refractivity contribution is -0.138.